The summed E-state index contributed by atoms with van der Waals surface area (Å²) in [6.45, 7) is 5.76. The number of hydrogen-bond donors (Lipinski definition) is 3. The van der Waals surface area contributed by atoms with Crippen LogP contribution >= 0.6 is 0 Å². The van der Waals surface area contributed by atoms with Crippen LogP contribution < -0.4 is 11.2 Å². The number of nitrogens with one attached hydrogen (secondary N) is 1. The standard InChI is InChI=1S/C32H33FN6O5/c1-32(2,3)44-31(43)38-17-5-4-6-24(38)28-37-26(27(30(41)42)39(28)34)20-7-9-21(10-8-20)29(40)36-25-18-22(15-16-35-25)19-11-13-23(33)14-12-19/h7-16,18,24H,4-6,17,34H2,1-3H3,(H,41,42)(H,35,36,40). The summed E-state index contributed by atoms with van der Waals surface area (Å²) in [7, 11) is 0. The molecule has 228 valence electrons. The zero-order valence-electron chi connectivity index (χ0n) is 24.6. The smallest absolute Gasteiger partial charge is 0.410 e. The molecule has 11 nitrogen and oxygen atoms in total. The maximum atomic E-state index is 13.3. The molecule has 2 aromatic heterocycles. The number of nitrogens with zero attached hydrogens (tertiary/aromatic N) is 4. The van der Waals surface area contributed by atoms with Crippen LogP contribution in [-0.2, 0) is 4.74 Å². The molecule has 12 heteroatoms. The van der Waals surface area contributed by atoms with Crippen LogP contribution in [0.2, 0.25) is 0 Å². The fourth-order valence-electron chi connectivity index (χ4n) is 5.12. The highest BCUT2D eigenvalue weighted by molar-refractivity contribution is 6.04. The maximum absolute atomic E-state index is 13.3. The number of carbonyl (C=O) groups excluding carboxylic acids is 2. The fourth-order valence-corrected chi connectivity index (χ4v) is 5.12. The Morgan fingerprint density at radius 2 is 1.68 bits per heavy atom. The molecular formula is C32H33FN6O5. The van der Waals surface area contributed by atoms with Crippen molar-refractivity contribution in [1.29, 1.82) is 0 Å². The summed E-state index contributed by atoms with van der Waals surface area (Å²) in [5.41, 5.74) is 1.42. The van der Waals surface area contributed by atoms with Crippen LogP contribution in [0, 0.1) is 5.82 Å². The number of imidazole rings is 1. The van der Waals surface area contributed by atoms with E-state index in [9.17, 15) is 23.9 Å². The molecule has 1 atom stereocenters. The van der Waals surface area contributed by atoms with Gasteiger partial charge in [-0.25, -0.2) is 28.6 Å². The van der Waals surface area contributed by atoms with Crippen molar-refractivity contribution < 1.29 is 28.6 Å². The van der Waals surface area contributed by atoms with E-state index < -0.39 is 29.6 Å². The Morgan fingerprint density at radius 3 is 2.34 bits per heavy atom. The molecule has 1 unspecified atom stereocenters. The second-order valence-corrected chi connectivity index (χ2v) is 11.5. The topological polar surface area (TPSA) is 153 Å². The molecule has 0 aliphatic carbocycles. The molecule has 2 amide bonds. The Kier molecular flexibility index (Phi) is 8.34. The lowest BCUT2D eigenvalue weighted by Crippen LogP contribution is -2.43. The Hall–Kier alpha value is -5.26. The van der Waals surface area contributed by atoms with Crippen molar-refractivity contribution in [2.24, 2.45) is 0 Å². The summed E-state index contributed by atoms with van der Waals surface area (Å²) in [6, 6.07) is 15.1. The number of halogens is 1. The summed E-state index contributed by atoms with van der Waals surface area (Å²) in [5.74, 6) is 4.77. The number of nitrogens with two attached hydrogens (primary N) is 1. The molecule has 0 saturated carbocycles. The first kappa shape index (κ1) is 30.2. The zero-order chi connectivity index (χ0) is 31.6. The molecule has 5 rings (SSSR count). The van der Waals surface area contributed by atoms with Gasteiger partial charge >= 0.3 is 12.1 Å². The Bertz CT molecular complexity index is 1700. The SMILES string of the molecule is CC(C)(C)OC(=O)N1CCCCC1c1nc(-c2ccc(C(=O)Nc3cc(-c4ccc(F)cc4)ccn3)cc2)c(C(=O)O)n1N. The number of ether oxygens (including phenoxy) is 1. The molecule has 44 heavy (non-hydrogen) atoms. The van der Waals surface area contributed by atoms with Crippen LogP contribution in [0.1, 0.15) is 72.7 Å². The highest BCUT2D eigenvalue weighted by Crippen LogP contribution is 2.34. The van der Waals surface area contributed by atoms with E-state index >= 15 is 0 Å². The number of amides is 2. The molecule has 4 aromatic rings. The number of piperidine rings is 1. The monoisotopic (exact) mass is 600 g/mol. The molecule has 3 heterocycles. The predicted molar refractivity (Wildman–Crippen MR) is 162 cm³/mol. The largest absolute Gasteiger partial charge is 0.476 e. The van der Waals surface area contributed by atoms with E-state index in [0.29, 0.717) is 29.9 Å². The minimum Gasteiger partial charge on any atom is -0.476 e. The van der Waals surface area contributed by atoms with Crippen LogP contribution in [0.4, 0.5) is 15.0 Å². The van der Waals surface area contributed by atoms with E-state index in [1.165, 1.54) is 12.1 Å². The molecule has 4 N–H and O–H groups in total. The Balaban J connectivity index is 1.38. The van der Waals surface area contributed by atoms with Crippen molar-refractivity contribution in [1.82, 2.24) is 19.5 Å². The normalized spacial score (nSPS) is 15.1. The van der Waals surface area contributed by atoms with E-state index in [4.69, 9.17) is 10.6 Å². The summed E-state index contributed by atoms with van der Waals surface area (Å²) in [4.78, 5) is 48.7. The molecule has 2 aromatic carbocycles. The number of carbonyl (C=O) groups is 3. The first-order chi connectivity index (χ1) is 20.9. The number of nitrogen functional groups attached to an aromatic ring is 1. The number of rotatable bonds is 6. The van der Waals surface area contributed by atoms with Crippen LogP contribution in [0.15, 0.2) is 66.9 Å². The van der Waals surface area contributed by atoms with Crippen LogP contribution in [0.3, 0.4) is 0 Å². The number of carboxylic acids is 1. The number of hydrogen-bond acceptors (Lipinski definition) is 7. The van der Waals surface area contributed by atoms with E-state index in [-0.39, 0.29) is 23.0 Å². The van der Waals surface area contributed by atoms with Crippen molar-refractivity contribution in [3.8, 4) is 22.4 Å². The molecular weight excluding hydrogens is 567 g/mol. The zero-order valence-corrected chi connectivity index (χ0v) is 24.6. The van der Waals surface area contributed by atoms with Gasteiger partial charge in [0, 0.05) is 23.9 Å². The van der Waals surface area contributed by atoms with Gasteiger partial charge in [0.05, 0.1) is 6.04 Å². The third-order valence-electron chi connectivity index (χ3n) is 7.17. The molecule has 1 aliphatic heterocycles. The van der Waals surface area contributed by atoms with Gasteiger partial charge in [-0.1, -0.05) is 24.3 Å². The van der Waals surface area contributed by atoms with Gasteiger partial charge in [0.15, 0.2) is 11.5 Å². The Morgan fingerprint density at radius 1 is 1.00 bits per heavy atom. The first-order valence-electron chi connectivity index (χ1n) is 14.2. The van der Waals surface area contributed by atoms with E-state index in [2.05, 4.69) is 15.3 Å². The molecule has 1 aliphatic rings. The second kappa shape index (κ2) is 12.2. The number of carboxylic acid groups (broad SMARTS) is 1. The van der Waals surface area contributed by atoms with Crippen molar-refractivity contribution in [3.63, 3.8) is 0 Å². The lowest BCUT2D eigenvalue weighted by molar-refractivity contribution is 0.00821. The van der Waals surface area contributed by atoms with Crippen LogP contribution in [0.5, 0.6) is 0 Å². The van der Waals surface area contributed by atoms with E-state index in [0.717, 1.165) is 28.6 Å². The predicted octanol–water partition coefficient (Wildman–Crippen LogP) is 5.88. The van der Waals surface area contributed by atoms with Gasteiger partial charge in [0.25, 0.3) is 5.91 Å². The van der Waals surface area contributed by atoms with Gasteiger partial charge in [-0.3, -0.25) is 9.69 Å². The van der Waals surface area contributed by atoms with Crippen LogP contribution in [-0.4, -0.2) is 54.8 Å². The third-order valence-corrected chi connectivity index (χ3v) is 7.17. The summed E-state index contributed by atoms with van der Waals surface area (Å²) in [5, 5.41) is 12.8. The molecule has 1 saturated heterocycles. The van der Waals surface area contributed by atoms with Gasteiger partial charge in [0.2, 0.25) is 0 Å². The number of benzene rings is 2. The van der Waals surface area contributed by atoms with Gasteiger partial charge in [-0.2, -0.15) is 0 Å². The van der Waals surface area contributed by atoms with Crippen molar-refractivity contribution >= 4 is 23.8 Å². The highest BCUT2D eigenvalue weighted by atomic mass is 19.1. The summed E-state index contributed by atoms with van der Waals surface area (Å²) >= 11 is 0. The Labute approximate surface area is 253 Å². The van der Waals surface area contributed by atoms with E-state index in [1.807, 2.05) is 0 Å². The first-order valence-corrected chi connectivity index (χ1v) is 14.2. The molecule has 0 bridgehead atoms. The molecule has 0 spiro atoms. The molecule has 1 fully saturated rings. The average Bonchev–Trinajstić information content (AvgIpc) is 3.34. The van der Waals surface area contributed by atoms with Crippen molar-refractivity contribution in [2.45, 2.75) is 51.7 Å². The van der Waals surface area contributed by atoms with Crippen LogP contribution in [0.25, 0.3) is 22.4 Å². The lowest BCUT2D eigenvalue weighted by atomic mass is 10.0. The maximum Gasteiger partial charge on any atom is 0.410 e. The third kappa shape index (κ3) is 6.54. The minimum atomic E-state index is -1.28. The number of pyridine rings is 1. The lowest BCUT2D eigenvalue weighted by Gasteiger charge is -2.36. The summed E-state index contributed by atoms with van der Waals surface area (Å²) in [6.07, 6.45) is 3.15. The van der Waals surface area contributed by atoms with Gasteiger partial charge < -0.3 is 21.0 Å². The highest BCUT2D eigenvalue weighted by Gasteiger charge is 2.36. The second-order valence-electron chi connectivity index (χ2n) is 11.5. The van der Waals surface area contributed by atoms with Crippen molar-refractivity contribution in [2.75, 3.05) is 17.7 Å². The number of anilines is 1. The average molecular weight is 601 g/mol. The van der Waals surface area contributed by atoms with E-state index in [1.54, 1.807) is 80.4 Å². The van der Waals surface area contributed by atoms with Gasteiger partial charge in [-0.15, -0.1) is 0 Å². The number of aromatic nitrogens is 3. The van der Waals surface area contributed by atoms with Gasteiger partial charge in [0.1, 0.15) is 22.9 Å². The van der Waals surface area contributed by atoms with Gasteiger partial charge in [-0.05, 0) is 87.6 Å². The number of aromatic carboxylic acids is 1. The minimum absolute atomic E-state index is 0.116. The summed E-state index contributed by atoms with van der Waals surface area (Å²) < 4.78 is 19.9. The fraction of sp³-hybridized carbons (Fsp3) is 0.281. The van der Waals surface area contributed by atoms with Crippen molar-refractivity contribution in [3.05, 3.63) is 89.8 Å². The number of likely N-dealkylation sites (tertiary alicyclic amines) is 1. The quantitative estimate of drug-likeness (QED) is 0.232. The molecule has 0 radical (unpaired) electrons.